The molecule has 4 nitrogen and oxygen atoms in total. The summed E-state index contributed by atoms with van der Waals surface area (Å²) in [4.78, 5) is 4.31. The first-order valence-corrected chi connectivity index (χ1v) is 8.65. The Balaban J connectivity index is 1.54. The third-order valence-corrected chi connectivity index (χ3v) is 5.07. The number of aryl methyl sites for hydroxylation is 1. The molecule has 0 aliphatic heterocycles. The monoisotopic (exact) mass is 336 g/mol. The van der Waals surface area contributed by atoms with Gasteiger partial charge in [0.15, 0.2) is 0 Å². The lowest BCUT2D eigenvalue weighted by Crippen LogP contribution is -2.42. The summed E-state index contributed by atoms with van der Waals surface area (Å²) in [6.07, 6.45) is 4.68. The van der Waals surface area contributed by atoms with Crippen LogP contribution < -0.4 is 5.32 Å². The van der Waals surface area contributed by atoms with Crippen molar-refractivity contribution in [2.45, 2.75) is 31.6 Å². The highest BCUT2D eigenvalue weighted by Crippen LogP contribution is 2.43. The average Bonchev–Trinajstić information content (AvgIpc) is 2.97. The van der Waals surface area contributed by atoms with E-state index in [1.807, 2.05) is 48.0 Å². The molecule has 1 fully saturated rings. The van der Waals surface area contributed by atoms with Crippen LogP contribution in [0, 0.1) is 12.7 Å². The molecule has 0 unspecified atom stereocenters. The number of nitrogens with zero attached hydrogens (tertiary/aromatic N) is 3. The van der Waals surface area contributed by atoms with Crippen molar-refractivity contribution in [2.24, 2.45) is 0 Å². The Labute approximate surface area is 146 Å². The third-order valence-electron chi connectivity index (χ3n) is 5.07. The highest BCUT2D eigenvalue weighted by atomic mass is 19.1. The minimum Gasteiger partial charge on any atom is -0.368 e. The molecule has 3 aromatic rings. The molecule has 1 saturated carbocycles. The number of hydrogen-bond donors (Lipinski definition) is 1. The molecule has 2 heterocycles. The van der Waals surface area contributed by atoms with Crippen molar-refractivity contribution < 1.29 is 4.39 Å². The predicted octanol–water partition coefficient (Wildman–Crippen LogP) is 4.25. The molecule has 0 bridgehead atoms. The Morgan fingerprint density at radius 2 is 1.96 bits per heavy atom. The lowest BCUT2D eigenvalue weighted by molar-refractivity contribution is 0.243. The Kier molecular flexibility index (Phi) is 3.99. The van der Waals surface area contributed by atoms with Gasteiger partial charge in [-0.3, -0.25) is 4.98 Å². The van der Waals surface area contributed by atoms with Gasteiger partial charge in [-0.15, -0.1) is 0 Å². The van der Waals surface area contributed by atoms with E-state index in [2.05, 4.69) is 15.4 Å². The average molecular weight is 336 g/mol. The number of hydrogen-bond acceptors (Lipinski definition) is 3. The van der Waals surface area contributed by atoms with Crippen LogP contribution in [0.15, 0.2) is 54.7 Å². The lowest BCUT2D eigenvalue weighted by atomic mass is 9.66. The number of halogens is 1. The summed E-state index contributed by atoms with van der Waals surface area (Å²) in [6.45, 7) is 2.68. The van der Waals surface area contributed by atoms with E-state index in [1.165, 1.54) is 6.07 Å². The van der Waals surface area contributed by atoms with Crippen LogP contribution in [0.1, 0.15) is 30.7 Å². The second-order valence-corrected chi connectivity index (χ2v) is 6.74. The zero-order valence-corrected chi connectivity index (χ0v) is 14.2. The van der Waals surface area contributed by atoms with Crippen LogP contribution in [0.4, 0.5) is 10.2 Å². The molecule has 5 heteroatoms. The van der Waals surface area contributed by atoms with Gasteiger partial charge in [-0.2, -0.15) is 5.10 Å². The van der Waals surface area contributed by atoms with Crippen LogP contribution in [0.5, 0.6) is 0 Å². The highest BCUT2D eigenvalue weighted by molar-refractivity contribution is 5.42. The van der Waals surface area contributed by atoms with Crippen LogP contribution in [0.3, 0.4) is 0 Å². The summed E-state index contributed by atoms with van der Waals surface area (Å²) >= 11 is 0. The SMILES string of the molecule is Cc1cc(NCC2(c3ncccc3F)CCC2)nn1-c1ccccc1. The summed E-state index contributed by atoms with van der Waals surface area (Å²) in [5.74, 6) is 0.596. The van der Waals surface area contributed by atoms with Crippen molar-refractivity contribution in [3.63, 3.8) is 0 Å². The molecule has 0 atom stereocenters. The molecule has 0 saturated heterocycles. The molecule has 1 aliphatic rings. The van der Waals surface area contributed by atoms with Gasteiger partial charge in [-0.25, -0.2) is 9.07 Å². The largest absolute Gasteiger partial charge is 0.368 e. The van der Waals surface area contributed by atoms with E-state index in [0.717, 1.165) is 36.5 Å². The number of benzene rings is 1. The quantitative estimate of drug-likeness (QED) is 0.757. The molecule has 1 aliphatic carbocycles. The Morgan fingerprint density at radius 3 is 2.64 bits per heavy atom. The zero-order valence-electron chi connectivity index (χ0n) is 14.2. The number of aromatic nitrogens is 3. The fourth-order valence-electron chi connectivity index (χ4n) is 3.53. The smallest absolute Gasteiger partial charge is 0.148 e. The number of anilines is 1. The summed E-state index contributed by atoms with van der Waals surface area (Å²) < 4.78 is 16.1. The van der Waals surface area contributed by atoms with Crippen LogP contribution in [-0.4, -0.2) is 21.3 Å². The third kappa shape index (κ3) is 2.90. The number of rotatable bonds is 5. The van der Waals surface area contributed by atoms with Gasteiger partial charge in [0.25, 0.3) is 0 Å². The van der Waals surface area contributed by atoms with Gasteiger partial charge in [0.2, 0.25) is 0 Å². The van der Waals surface area contributed by atoms with E-state index in [0.29, 0.717) is 12.2 Å². The van der Waals surface area contributed by atoms with Crippen molar-refractivity contribution in [2.75, 3.05) is 11.9 Å². The van der Waals surface area contributed by atoms with E-state index in [4.69, 9.17) is 0 Å². The van der Waals surface area contributed by atoms with E-state index in [9.17, 15) is 4.39 Å². The summed E-state index contributed by atoms with van der Waals surface area (Å²) in [7, 11) is 0. The maximum Gasteiger partial charge on any atom is 0.148 e. The molecular formula is C20H21FN4. The van der Waals surface area contributed by atoms with Gasteiger partial charge < -0.3 is 5.32 Å². The molecular weight excluding hydrogens is 315 g/mol. The summed E-state index contributed by atoms with van der Waals surface area (Å²) in [6, 6.07) is 15.2. The standard InChI is InChI=1S/C20H21FN4/c1-15-13-18(24-25(15)16-7-3-2-4-8-16)23-14-20(10-6-11-20)19-17(21)9-5-12-22-19/h2-5,7-9,12-13H,6,10-11,14H2,1H3,(H,23,24). The minimum absolute atomic E-state index is 0.213. The molecule has 128 valence electrons. The number of para-hydroxylation sites is 1. The normalized spacial score (nSPS) is 15.6. The van der Waals surface area contributed by atoms with Gasteiger partial charge in [0, 0.05) is 29.9 Å². The molecule has 2 aromatic heterocycles. The van der Waals surface area contributed by atoms with E-state index in [1.54, 1.807) is 12.3 Å². The fraction of sp³-hybridized carbons (Fsp3) is 0.300. The summed E-state index contributed by atoms with van der Waals surface area (Å²) in [5.41, 5.74) is 2.44. The first-order valence-electron chi connectivity index (χ1n) is 8.65. The second kappa shape index (κ2) is 6.31. The Morgan fingerprint density at radius 1 is 1.16 bits per heavy atom. The predicted molar refractivity (Wildman–Crippen MR) is 96.5 cm³/mol. The van der Waals surface area contributed by atoms with Crippen LogP contribution in [0.25, 0.3) is 5.69 Å². The topological polar surface area (TPSA) is 42.7 Å². The van der Waals surface area contributed by atoms with Crippen LogP contribution >= 0.6 is 0 Å². The van der Waals surface area contributed by atoms with Gasteiger partial charge in [0.05, 0.1) is 11.4 Å². The Bertz CT molecular complexity index is 868. The van der Waals surface area contributed by atoms with Crippen LogP contribution in [0.2, 0.25) is 0 Å². The summed E-state index contributed by atoms with van der Waals surface area (Å²) in [5, 5.41) is 8.05. The van der Waals surface area contributed by atoms with Gasteiger partial charge in [-0.1, -0.05) is 24.6 Å². The molecule has 0 amide bonds. The Hall–Kier alpha value is -2.69. The fourth-order valence-corrected chi connectivity index (χ4v) is 3.53. The maximum atomic E-state index is 14.2. The molecule has 25 heavy (non-hydrogen) atoms. The van der Waals surface area contributed by atoms with Crippen molar-refractivity contribution in [3.8, 4) is 5.69 Å². The van der Waals surface area contributed by atoms with Gasteiger partial charge in [-0.05, 0) is 44.0 Å². The van der Waals surface area contributed by atoms with E-state index >= 15 is 0 Å². The highest BCUT2D eigenvalue weighted by Gasteiger charge is 2.41. The van der Waals surface area contributed by atoms with Crippen molar-refractivity contribution in [1.29, 1.82) is 0 Å². The molecule has 0 spiro atoms. The second-order valence-electron chi connectivity index (χ2n) is 6.74. The first kappa shape index (κ1) is 15.8. The molecule has 1 aromatic carbocycles. The van der Waals surface area contributed by atoms with Crippen molar-refractivity contribution in [3.05, 3.63) is 71.9 Å². The molecule has 1 N–H and O–H groups in total. The minimum atomic E-state index is -0.226. The first-order chi connectivity index (χ1) is 12.2. The lowest BCUT2D eigenvalue weighted by Gasteiger charge is -2.41. The van der Waals surface area contributed by atoms with E-state index < -0.39 is 0 Å². The zero-order chi connectivity index (χ0) is 17.3. The van der Waals surface area contributed by atoms with Crippen molar-refractivity contribution >= 4 is 5.82 Å². The van der Waals surface area contributed by atoms with Gasteiger partial charge in [0.1, 0.15) is 11.6 Å². The molecule has 4 rings (SSSR count). The number of pyridine rings is 1. The van der Waals surface area contributed by atoms with Crippen LogP contribution in [-0.2, 0) is 5.41 Å². The van der Waals surface area contributed by atoms with Gasteiger partial charge >= 0.3 is 0 Å². The number of nitrogens with one attached hydrogen (secondary N) is 1. The maximum absolute atomic E-state index is 14.2. The van der Waals surface area contributed by atoms with Crippen molar-refractivity contribution in [1.82, 2.24) is 14.8 Å². The molecule has 0 radical (unpaired) electrons. The van der Waals surface area contributed by atoms with E-state index in [-0.39, 0.29) is 11.2 Å².